The Balaban J connectivity index is -0.0000000800. The molecule has 1 nitrogen and oxygen atoms in total. The lowest BCUT2D eigenvalue weighted by atomic mass is 10.4. The summed E-state index contributed by atoms with van der Waals surface area (Å²) < 4.78 is 11.0. The Morgan fingerprint density at radius 3 is 1.86 bits per heavy atom. The lowest BCUT2D eigenvalue weighted by Gasteiger charge is -1.76. The van der Waals surface area contributed by atoms with Gasteiger partial charge in [-0.15, -0.1) is 12.4 Å². The maximum absolute atomic E-state index is 11.0. The Hall–Kier alpha value is 0.180. The van der Waals surface area contributed by atoms with Crippen LogP contribution in [-0.2, 0) is 0 Å². The molecule has 0 rings (SSSR count). The zero-order valence-electron chi connectivity index (χ0n) is 4.61. The van der Waals surface area contributed by atoms with Crippen LogP contribution in [0.3, 0.4) is 0 Å². The van der Waals surface area contributed by atoms with E-state index in [4.69, 9.17) is 0 Å². The zero-order valence-corrected chi connectivity index (χ0v) is 5.43. The minimum absolute atomic E-state index is 0. The summed E-state index contributed by atoms with van der Waals surface area (Å²) in [5.41, 5.74) is 0. The van der Waals surface area contributed by atoms with Gasteiger partial charge in [0.05, 0.1) is 6.67 Å². The van der Waals surface area contributed by atoms with Gasteiger partial charge in [-0.3, -0.25) is 4.39 Å². The van der Waals surface area contributed by atoms with Gasteiger partial charge in [-0.1, -0.05) is 13.3 Å². The average molecular weight is 130 g/mol. The summed E-state index contributed by atoms with van der Waals surface area (Å²) in [4.78, 5) is 0. The second kappa shape index (κ2) is 16.4. The molecule has 0 heterocycles. The molecule has 0 saturated carbocycles. The first-order chi connectivity index (χ1) is 2.41. The Morgan fingerprint density at radius 1 is 1.43 bits per heavy atom. The molecule has 0 atom stereocenters. The molecule has 3 heteroatoms. The predicted molar refractivity (Wildman–Crippen MR) is 33.2 cm³/mol. The summed E-state index contributed by atoms with van der Waals surface area (Å²) in [6.45, 7) is 1.82. The Bertz CT molecular complexity index is 19.2. The summed E-state index contributed by atoms with van der Waals surface area (Å²) in [7, 11) is 0. The van der Waals surface area contributed by atoms with Crippen molar-refractivity contribution in [3.05, 3.63) is 0 Å². The number of alkyl halides is 1. The van der Waals surface area contributed by atoms with Gasteiger partial charge in [0, 0.05) is 0 Å². The Morgan fingerprint density at radius 2 is 1.86 bits per heavy atom. The van der Waals surface area contributed by atoms with E-state index >= 15 is 0 Å². The molecule has 0 saturated heterocycles. The van der Waals surface area contributed by atoms with Crippen LogP contribution in [0, 0.1) is 0 Å². The van der Waals surface area contributed by atoms with Crippen molar-refractivity contribution < 1.29 is 4.39 Å². The van der Waals surface area contributed by atoms with Crippen LogP contribution in [0.1, 0.15) is 19.8 Å². The maximum Gasteiger partial charge on any atom is 0.0894 e. The van der Waals surface area contributed by atoms with E-state index in [1.807, 2.05) is 6.92 Å². The van der Waals surface area contributed by atoms with Crippen molar-refractivity contribution in [3.63, 3.8) is 0 Å². The molecule has 0 aliphatic carbocycles. The quantitative estimate of drug-likeness (QED) is 0.610. The molecular weight excluding hydrogens is 117 g/mol. The molecular formula is C4H13ClFN. The molecule has 0 bridgehead atoms. The first kappa shape index (κ1) is 15.7. The fraction of sp³-hybridized carbons (Fsp3) is 1.00. The SMILES string of the molecule is CCCCF.Cl.N. The largest absolute Gasteiger partial charge is 0.344 e. The van der Waals surface area contributed by atoms with Crippen LogP contribution in [0.4, 0.5) is 4.39 Å². The van der Waals surface area contributed by atoms with E-state index < -0.39 is 0 Å². The predicted octanol–water partition coefficient (Wildman–Crippen LogP) is 2.34. The van der Waals surface area contributed by atoms with Gasteiger partial charge in [-0.2, -0.15) is 0 Å². The molecule has 0 aliphatic rings. The normalized spacial score (nSPS) is 6.00. The molecule has 0 unspecified atom stereocenters. The van der Waals surface area contributed by atoms with E-state index in [-0.39, 0.29) is 25.2 Å². The molecule has 0 fully saturated rings. The molecule has 3 N–H and O–H groups in total. The van der Waals surface area contributed by atoms with Crippen molar-refractivity contribution in [1.29, 1.82) is 0 Å². The number of hydrogen-bond acceptors (Lipinski definition) is 1. The van der Waals surface area contributed by atoms with E-state index in [0.29, 0.717) is 0 Å². The Kier molecular flexibility index (Phi) is 36.8. The first-order valence-corrected chi connectivity index (χ1v) is 1.97. The molecule has 0 spiro atoms. The summed E-state index contributed by atoms with van der Waals surface area (Å²) in [6, 6.07) is 0. The fourth-order valence-electron chi connectivity index (χ4n) is 0.134. The highest BCUT2D eigenvalue weighted by atomic mass is 35.5. The van der Waals surface area contributed by atoms with Gasteiger partial charge in [0.25, 0.3) is 0 Å². The summed E-state index contributed by atoms with van der Waals surface area (Å²) in [6.07, 6.45) is 1.69. The topological polar surface area (TPSA) is 35.0 Å². The minimum atomic E-state index is -0.156. The molecule has 0 aliphatic heterocycles. The van der Waals surface area contributed by atoms with Crippen molar-refractivity contribution in [2.45, 2.75) is 19.8 Å². The number of rotatable bonds is 2. The molecule has 0 amide bonds. The number of halogens is 2. The third-order valence-electron chi connectivity index (χ3n) is 0.487. The minimum Gasteiger partial charge on any atom is -0.344 e. The van der Waals surface area contributed by atoms with Crippen LogP contribution < -0.4 is 6.15 Å². The molecule has 0 radical (unpaired) electrons. The number of hydrogen-bond donors (Lipinski definition) is 1. The van der Waals surface area contributed by atoms with Crippen LogP contribution in [0.5, 0.6) is 0 Å². The van der Waals surface area contributed by atoms with Crippen molar-refractivity contribution in [1.82, 2.24) is 6.15 Å². The summed E-state index contributed by atoms with van der Waals surface area (Å²) >= 11 is 0. The van der Waals surface area contributed by atoms with Crippen molar-refractivity contribution >= 4 is 12.4 Å². The summed E-state index contributed by atoms with van der Waals surface area (Å²) in [5, 5.41) is 0. The number of unbranched alkanes of at least 4 members (excludes halogenated alkanes) is 1. The van der Waals surface area contributed by atoms with E-state index in [9.17, 15) is 4.39 Å². The van der Waals surface area contributed by atoms with Crippen LogP contribution in [-0.4, -0.2) is 6.67 Å². The van der Waals surface area contributed by atoms with Gasteiger partial charge in [0.1, 0.15) is 0 Å². The van der Waals surface area contributed by atoms with E-state index in [0.717, 1.165) is 12.8 Å². The van der Waals surface area contributed by atoms with Gasteiger partial charge in [0.2, 0.25) is 0 Å². The van der Waals surface area contributed by atoms with Crippen molar-refractivity contribution in [2.75, 3.05) is 6.67 Å². The monoisotopic (exact) mass is 129 g/mol. The highest BCUT2D eigenvalue weighted by Crippen LogP contribution is 1.83. The van der Waals surface area contributed by atoms with Crippen LogP contribution in [0.25, 0.3) is 0 Å². The first-order valence-electron chi connectivity index (χ1n) is 1.97. The molecule has 48 valence electrons. The lowest BCUT2D eigenvalue weighted by Crippen LogP contribution is -1.67. The molecule has 0 aromatic carbocycles. The van der Waals surface area contributed by atoms with E-state index in [1.165, 1.54) is 0 Å². The van der Waals surface area contributed by atoms with Crippen LogP contribution in [0.2, 0.25) is 0 Å². The standard InChI is InChI=1S/C4H9F.ClH.H3N/c1-2-3-4-5;;/h2-4H2,1H3;1H;1H3. The second-order valence-corrected chi connectivity index (χ2v) is 1.04. The van der Waals surface area contributed by atoms with Gasteiger partial charge in [-0.25, -0.2) is 0 Å². The van der Waals surface area contributed by atoms with Gasteiger partial charge >= 0.3 is 0 Å². The average Bonchev–Trinajstić information content (AvgIpc) is 1.41. The van der Waals surface area contributed by atoms with E-state index in [1.54, 1.807) is 0 Å². The molecule has 0 aromatic rings. The van der Waals surface area contributed by atoms with Gasteiger partial charge in [-0.05, 0) is 6.42 Å². The van der Waals surface area contributed by atoms with Crippen molar-refractivity contribution in [3.8, 4) is 0 Å². The lowest BCUT2D eigenvalue weighted by molar-refractivity contribution is 0.469. The highest BCUT2D eigenvalue weighted by molar-refractivity contribution is 5.85. The third kappa shape index (κ3) is 22.7. The maximum atomic E-state index is 11.0. The fourth-order valence-corrected chi connectivity index (χ4v) is 0.134. The summed E-state index contributed by atoms with van der Waals surface area (Å²) in [5.74, 6) is 0. The van der Waals surface area contributed by atoms with Crippen LogP contribution >= 0.6 is 12.4 Å². The van der Waals surface area contributed by atoms with Crippen molar-refractivity contribution in [2.24, 2.45) is 0 Å². The second-order valence-electron chi connectivity index (χ2n) is 1.04. The third-order valence-corrected chi connectivity index (χ3v) is 0.487. The zero-order chi connectivity index (χ0) is 4.12. The van der Waals surface area contributed by atoms with Gasteiger partial charge in [0.15, 0.2) is 0 Å². The van der Waals surface area contributed by atoms with E-state index in [2.05, 4.69) is 0 Å². The molecule has 7 heavy (non-hydrogen) atoms. The van der Waals surface area contributed by atoms with Crippen LogP contribution in [0.15, 0.2) is 0 Å². The highest BCUT2D eigenvalue weighted by Gasteiger charge is 1.71. The van der Waals surface area contributed by atoms with Gasteiger partial charge < -0.3 is 6.15 Å². The Labute approximate surface area is 50.3 Å². The molecule has 0 aromatic heterocycles. The smallest absolute Gasteiger partial charge is 0.0894 e.